The Bertz CT molecular complexity index is 236. The van der Waals surface area contributed by atoms with E-state index in [4.69, 9.17) is 0 Å². The molecule has 1 aromatic heterocycles. The van der Waals surface area contributed by atoms with E-state index < -0.39 is 0 Å². The number of hydrogen-bond acceptors (Lipinski definition) is 1. The summed E-state index contributed by atoms with van der Waals surface area (Å²) >= 11 is 0. The zero-order valence-electron chi connectivity index (χ0n) is 9.76. The molecule has 1 rings (SSSR count). The Balaban J connectivity index is 0.000000424. The molecule has 0 radical (unpaired) electrons. The molecule has 0 N–H and O–H groups in total. The lowest BCUT2D eigenvalue weighted by molar-refractivity contribution is 0.733. The van der Waals surface area contributed by atoms with Crippen LogP contribution < -0.4 is 0 Å². The first kappa shape index (κ1) is 12.2. The highest BCUT2D eigenvalue weighted by atomic mass is 15.3. The smallest absolute Gasteiger partial charge is 0.0527 e. The van der Waals surface area contributed by atoms with Crippen molar-refractivity contribution in [2.24, 2.45) is 7.05 Å². The van der Waals surface area contributed by atoms with Crippen LogP contribution in [-0.4, -0.2) is 9.78 Å². The zero-order chi connectivity index (χ0) is 10.4. The molecule has 0 spiro atoms. The summed E-state index contributed by atoms with van der Waals surface area (Å²) in [4.78, 5) is 0. The third kappa shape index (κ3) is 3.62. The zero-order valence-corrected chi connectivity index (χ0v) is 9.76. The third-order valence-corrected chi connectivity index (χ3v) is 1.90. The summed E-state index contributed by atoms with van der Waals surface area (Å²) < 4.78 is 1.91. The largest absolute Gasteiger partial charge is 0.273 e. The fraction of sp³-hybridized carbons (Fsp3) is 0.727. The minimum atomic E-state index is 0.591. The molecule has 0 amide bonds. The maximum Gasteiger partial charge on any atom is 0.0527 e. The molecule has 0 aromatic carbocycles. The number of aryl methyl sites for hydroxylation is 1. The molecule has 0 aliphatic heterocycles. The molecule has 0 saturated carbocycles. The number of rotatable bonds is 1. The standard InChI is InChI=1S/C8H14N2.C3H8/c1-6(2)8-5-9-10(4)7(8)3;1-3-2/h5-6H,1-4H3;3H2,1-2H3. The normalized spacial score (nSPS) is 9.77. The van der Waals surface area contributed by atoms with Gasteiger partial charge in [0.25, 0.3) is 0 Å². The van der Waals surface area contributed by atoms with E-state index in [0.717, 1.165) is 0 Å². The Morgan fingerprint density at radius 2 is 1.85 bits per heavy atom. The lowest BCUT2D eigenvalue weighted by Gasteiger charge is -2.02. The van der Waals surface area contributed by atoms with E-state index >= 15 is 0 Å². The monoisotopic (exact) mass is 182 g/mol. The van der Waals surface area contributed by atoms with Gasteiger partial charge in [0, 0.05) is 12.7 Å². The van der Waals surface area contributed by atoms with Crippen LogP contribution in [0.15, 0.2) is 6.20 Å². The highest BCUT2D eigenvalue weighted by Crippen LogP contribution is 2.16. The molecule has 0 aliphatic rings. The van der Waals surface area contributed by atoms with Crippen molar-refractivity contribution in [3.8, 4) is 0 Å². The van der Waals surface area contributed by atoms with Crippen molar-refractivity contribution in [2.75, 3.05) is 0 Å². The van der Waals surface area contributed by atoms with Gasteiger partial charge >= 0.3 is 0 Å². The minimum absolute atomic E-state index is 0.591. The Morgan fingerprint density at radius 1 is 1.38 bits per heavy atom. The van der Waals surface area contributed by atoms with Crippen LogP contribution in [0.25, 0.3) is 0 Å². The third-order valence-electron chi connectivity index (χ3n) is 1.90. The molecule has 1 aromatic rings. The van der Waals surface area contributed by atoms with Crippen LogP contribution in [0.1, 0.15) is 51.3 Å². The molecule has 0 bridgehead atoms. The fourth-order valence-corrected chi connectivity index (χ4v) is 1.08. The van der Waals surface area contributed by atoms with Gasteiger partial charge in [0.15, 0.2) is 0 Å². The minimum Gasteiger partial charge on any atom is -0.273 e. The quantitative estimate of drug-likeness (QED) is 0.651. The maximum atomic E-state index is 4.15. The number of hydrogen-bond donors (Lipinski definition) is 0. The van der Waals surface area contributed by atoms with Gasteiger partial charge in [-0.15, -0.1) is 0 Å². The number of aromatic nitrogens is 2. The molecular weight excluding hydrogens is 160 g/mol. The van der Waals surface area contributed by atoms with Gasteiger partial charge in [-0.3, -0.25) is 4.68 Å². The second kappa shape index (κ2) is 5.79. The molecule has 0 unspecified atom stereocenters. The summed E-state index contributed by atoms with van der Waals surface area (Å²) in [7, 11) is 1.97. The van der Waals surface area contributed by atoms with Crippen molar-refractivity contribution >= 4 is 0 Å². The van der Waals surface area contributed by atoms with Gasteiger partial charge in [-0.1, -0.05) is 34.1 Å². The molecule has 2 nitrogen and oxygen atoms in total. The van der Waals surface area contributed by atoms with Crippen LogP contribution in [0.2, 0.25) is 0 Å². The van der Waals surface area contributed by atoms with Gasteiger partial charge in [0.2, 0.25) is 0 Å². The van der Waals surface area contributed by atoms with E-state index in [1.54, 1.807) is 0 Å². The van der Waals surface area contributed by atoms with E-state index in [-0.39, 0.29) is 0 Å². The Hall–Kier alpha value is -0.790. The van der Waals surface area contributed by atoms with E-state index in [2.05, 4.69) is 39.7 Å². The van der Waals surface area contributed by atoms with Crippen LogP contribution in [-0.2, 0) is 7.05 Å². The molecule has 0 saturated heterocycles. The van der Waals surface area contributed by atoms with E-state index in [0.29, 0.717) is 5.92 Å². The predicted molar refractivity (Wildman–Crippen MR) is 58.0 cm³/mol. The van der Waals surface area contributed by atoms with Gasteiger partial charge in [-0.05, 0) is 18.4 Å². The molecule has 76 valence electrons. The SMILES string of the molecule is CCC.Cc1c(C(C)C)cnn1C. The highest BCUT2D eigenvalue weighted by molar-refractivity contribution is 5.19. The molecule has 13 heavy (non-hydrogen) atoms. The Labute approximate surface area is 82.0 Å². The van der Waals surface area contributed by atoms with Gasteiger partial charge in [0.05, 0.1) is 6.20 Å². The summed E-state index contributed by atoms with van der Waals surface area (Å²) in [5.41, 5.74) is 2.62. The molecular formula is C11H22N2. The lowest BCUT2D eigenvalue weighted by Crippen LogP contribution is -1.94. The summed E-state index contributed by atoms with van der Waals surface area (Å²) in [6, 6.07) is 0. The predicted octanol–water partition coefficient (Wildman–Crippen LogP) is 3.27. The van der Waals surface area contributed by atoms with Crippen LogP contribution in [0, 0.1) is 6.92 Å². The van der Waals surface area contributed by atoms with Crippen molar-refractivity contribution < 1.29 is 0 Å². The fourth-order valence-electron chi connectivity index (χ4n) is 1.08. The first-order valence-corrected chi connectivity index (χ1v) is 5.03. The molecule has 0 atom stereocenters. The van der Waals surface area contributed by atoms with E-state index in [1.165, 1.54) is 17.7 Å². The van der Waals surface area contributed by atoms with Crippen molar-refractivity contribution in [1.29, 1.82) is 0 Å². The summed E-state index contributed by atoms with van der Waals surface area (Å²) in [5, 5.41) is 4.15. The van der Waals surface area contributed by atoms with Gasteiger partial charge < -0.3 is 0 Å². The first-order valence-electron chi connectivity index (χ1n) is 5.03. The second-order valence-corrected chi connectivity index (χ2v) is 3.67. The van der Waals surface area contributed by atoms with Crippen LogP contribution >= 0.6 is 0 Å². The average Bonchev–Trinajstić information content (AvgIpc) is 2.34. The molecule has 2 heteroatoms. The van der Waals surface area contributed by atoms with E-state index in [1.807, 2.05) is 17.9 Å². The molecule has 1 heterocycles. The van der Waals surface area contributed by atoms with Gasteiger partial charge in [-0.2, -0.15) is 5.10 Å². The molecule has 0 fully saturated rings. The van der Waals surface area contributed by atoms with Crippen LogP contribution in [0.3, 0.4) is 0 Å². The van der Waals surface area contributed by atoms with Gasteiger partial charge in [0.1, 0.15) is 0 Å². The second-order valence-electron chi connectivity index (χ2n) is 3.67. The molecule has 0 aliphatic carbocycles. The highest BCUT2D eigenvalue weighted by Gasteiger charge is 2.05. The topological polar surface area (TPSA) is 17.8 Å². The van der Waals surface area contributed by atoms with Crippen molar-refractivity contribution in [3.63, 3.8) is 0 Å². The summed E-state index contributed by atoms with van der Waals surface area (Å²) in [6.07, 6.45) is 3.19. The van der Waals surface area contributed by atoms with Crippen molar-refractivity contribution in [3.05, 3.63) is 17.5 Å². The summed E-state index contributed by atoms with van der Waals surface area (Å²) in [5.74, 6) is 0.591. The van der Waals surface area contributed by atoms with Crippen molar-refractivity contribution in [1.82, 2.24) is 9.78 Å². The van der Waals surface area contributed by atoms with Crippen LogP contribution in [0.4, 0.5) is 0 Å². The maximum absolute atomic E-state index is 4.15. The Morgan fingerprint density at radius 3 is 2.00 bits per heavy atom. The van der Waals surface area contributed by atoms with E-state index in [9.17, 15) is 0 Å². The van der Waals surface area contributed by atoms with Crippen LogP contribution in [0.5, 0.6) is 0 Å². The lowest BCUT2D eigenvalue weighted by atomic mass is 10.1. The summed E-state index contributed by atoms with van der Waals surface area (Å²) in [6.45, 7) is 10.7. The Kier molecular flexibility index (Phi) is 5.44. The first-order chi connectivity index (χ1) is 6.04. The van der Waals surface area contributed by atoms with Crippen molar-refractivity contribution in [2.45, 2.75) is 47.0 Å². The van der Waals surface area contributed by atoms with Gasteiger partial charge in [-0.25, -0.2) is 0 Å². The average molecular weight is 182 g/mol. The number of nitrogens with zero attached hydrogens (tertiary/aromatic N) is 2.